The van der Waals surface area contributed by atoms with E-state index in [4.69, 9.17) is 4.74 Å². The molecular formula is C23H35N5O6. The molecule has 5 amide bonds. The van der Waals surface area contributed by atoms with Gasteiger partial charge in [-0.3, -0.25) is 19.2 Å². The van der Waals surface area contributed by atoms with Crippen LogP contribution < -0.4 is 21.3 Å². The highest BCUT2D eigenvalue weighted by Crippen LogP contribution is 2.11. The van der Waals surface area contributed by atoms with E-state index in [1.807, 2.05) is 6.92 Å². The first-order chi connectivity index (χ1) is 16.0. The van der Waals surface area contributed by atoms with Crippen LogP contribution in [0.2, 0.25) is 0 Å². The number of nitrogens with zero attached hydrogens (tertiary/aromatic N) is 1. The molecule has 0 saturated heterocycles. The maximum Gasteiger partial charge on any atom is 0.409 e. The summed E-state index contributed by atoms with van der Waals surface area (Å²) >= 11 is 0. The highest BCUT2D eigenvalue weighted by molar-refractivity contribution is 5.96. The lowest BCUT2D eigenvalue weighted by Gasteiger charge is -2.21. The summed E-state index contributed by atoms with van der Waals surface area (Å²) in [4.78, 5) is 60.8. The summed E-state index contributed by atoms with van der Waals surface area (Å²) in [5.74, 6) is -2.04. The van der Waals surface area contributed by atoms with E-state index in [-0.39, 0.29) is 31.5 Å². The zero-order valence-electron chi connectivity index (χ0n) is 20.4. The minimum Gasteiger partial charge on any atom is -0.445 e. The zero-order valence-corrected chi connectivity index (χ0v) is 20.4. The normalized spacial score (nSPS) is 11.2. The van der Waals surface area contributed by atoms with Crippen LogP contribution in [0.15, 0.2) is 24.3 Å². The van der Waals surface area contributed by atoms with E-state index in [1.54, 1.807) is 45.2 Å². The van der Waals surface area contributed by atoms with Crippen LogP contribution in [0.3, 0.4) is 0 Å². The van der Waals surface area contributed by atoms with Gasteiger partial charge in [0.05, 0.1) is 13.1 Å². The van der Waals surface area contributed by atoms with Crippen molar-refractivity contribution < 1.29 is 28.7 Å². The third kappa shape index (κ3) is 10.8. The van der Waals surface area contributed by atoms with Crippen molar-refractivity contribution in [3.05, 3.63) is 29.8 Å². The number of anilines is 1. The van der Waals surface area contributed by atoms with Crippen LogP contribution >= 0.6 is 0 Å². The second-order valence-electron chi connectivity index (χ2n) is 8.14. The Labute approximate surface area is 200 Å². The van der Waals surface area contributed by atoms with Crippen LogP contribution in [0.4, 0.5) is 10.5 Å². The Balaban J connectivity index is 2.49. The molecule has 0 heterocycles. The molecule has 11 nitrogen and oxygen atoms in total. The highest BCUT2D eigenvalue weighted by atomic mass is 16.6. The van der Waals surface area contributed by atoms with Gasteiger partial charge >= 0.3 is 6.09 Å². The number of carbonyl (C=O) groups is 5. The lowest BCUT2D eigenvalue weighted by molar-refractivity contribution is -0.131. The van der Waals surface area contributed by atoms with E-state index in [0.717, 1.165) is 12.0 Å². The summed E-state index contributed by atoms with van der Waals surface area (Å²) in [5, 5.41) is 10.1. The van der Waals surface area contributed by atoms with E-state index in [1.165, 1.54) is 11.8 Å². The van der Waals surface area contributed by atoms with Crippen LogP contribution in [0.5, 0.6) is 0 Å². The third-order valence-corrected chi connectivity index (χ3v) is 4.66. The largest absolute Gasteiger partial charge is 0.445 e. The van der Waals surface area contributed by atoms with Crippen LogP contribution in [0, 0.1) is 5.92 Å². The molecule has 0 fully saturated rings. The molecule has 0 radical (unpaired) electrons. The summed E-state index contributed by atoms with van der Waals surface area (Å²) in [6.45, 7) is 6.97. The van der Waals surface area contributed by atoms with Crippen molar-refractivity contribution >= 4 is 35.4 Å². The Hall–Kier alpha value is -3.63. The molecule has 0 bridgehead atoms. The van der Waals surface area contributed by atoms with Gasteiger partial charge in [-0.15, -0.1) is 0 Å². The first-order valence-electron chi connectivity index (χ1n) is 11.1. The molecule has 0 saturated carbocycles. The van der Waals surface area contributed by atoms with Crippen molar-refractivity contribution in [2.24, 2.45) is 5.92 Å². The van der Waals surface area contributed by atoms with Crippen molar-refractivity contribution in [3.8, 4) is 0 Å². The average Bonchev–Trinajstić information content (AvgIpc) is 2.78. The smallest absolute Gasteiger partial charge is 0.409 e. The Morgan fingerprint density at radius 2 is 1.59 bits per heavy atom. The van der Waals surface area contributed by atoms with Gasteiger partial charge in [-0.1, -0.05) is 32.9 Å². The molecule has 1 aromatic carbocycles. The number of carbonyl (C=O) groups excluding carboxylic acids is 5. The minimum atomic E-state index is -0.854. The van der Waals surface area contributed by atoms with E-state index < -0.39 is 29.9 Å². The van der Waals surface area contributed by atoms with Gasteiger partial charge in [0, 0.05) is 26.2 Å². The number of hydrogen-bond acceptors (Lipinski definition) is 6. The van der Waals surface area contributed by atoms with Crippen LogP contribution in [0.25, 0.3) is 0 Å². The molecule has 0 spiro atoms. The Kier molecular flexibility index (Phi) is 12.1. The lowest BCUT2D eigenvalue weighted by atomic mass is 10.0. The van der Waals surface area contributed by atoms with Gasteiger partial charge in [-0.05, 0) is 30.0 Å². The molecule has 0 unspecified atom stereocenters. The second kappa shape index (κ2) is 14.5. The number of rotatable bonds is 12. The summed E-state index contributed by atoms with van der Waals surface area (Å²) in [5.41, 5.74) is 1.28. The van der Waals surface area contributed by atoms with Crippen LogP contribution in [-0.4, -0.2) is 67.3 Å². The fourth-order valence-corrected chi connectivity index (χ4v) is 2.81. The minimum absolute atomic E-state index is 0.113. The molecule has 11 heteroatoms. The first kappa shape index (κ1) is 28.4. The molecule has 0 aliphatic rings. The van der Waals surface area contributed by atoms with Gasteiger partial charge in [-0.25, -0.2) is 4.79 Å². The van der Waals surface area contributed by atoms with Crippen molar-refractivity contribution in [1.82, 2.24) is 20.9 Å². The fraction of sp³-hybridized carbons (Fsp3) is 0.522. The highest BCUT2D eigenvalue weighted by Gasteiger charge is 2.24. The fourth-order valence-electron chi connectivity index (χ4n) is 2.81. The van der Waals surface area contributed by atoms with Crippen molar-refractivity contribution in [2.45, 2.75) is 46.8 Å². The average molecular weight is 478 g/mol. The first-order valence-corrected chi connectivity index (χ1v) is 11.1. The molecule has 4 N–H and O–H groups in total. The van der Waals surface area contributed by atoms with Gasteiger partial charge in [0.15, 0.2) is 0 Å². The van der Waals surface area contributed by atoms with Gasteiger partial charge in [0.2, 0.25) is 23.6 Å². The van der Waals surface area contributed by atoms with Crippen LogP contribution in [-0.2, 0) is 30.5 Å². The molecule has 0 aliphatic heterocycles. The summed E-state index contributed by atoms with van der Waals surface area (Å²) in [7, 11) is 1.67. The van der Waals surface area contributed by atoms with Crippen molar-refractivity contribution in [1.29, 1.82) is 0 Å². The molecule has 0 aromatic heterocycles. The van der Waals surface area contributed by atoms with E-state index in [9.17, 15) is 24.0 Å². The monoisotopic (exact) mass is 477 g/mol. The number of benzene rings is 1. The van der Waals surface area contributed by atoms with Crippen LogP contribution in [0.1, 0.15) is 39.7 Å². The summed E-state index contributed by atoms with van der Waals surface area (Å²) in [6.07, 6.45) is 0.437. The molecular weight excluding hydrogens is 442 g/mol. The number of nitrogens with one attached hydrogen (secondary N) is 4. The summed E-state index contributed by atoms with van der Waals surface area (Å²) < 4.78 is 5.23. The van der Waals surface area contributed by atoms with Gasteiger partial charge < -0.3 is 30.9 Å². The Morgan fingerprint density at radius 1 is 0.971 bits per heavy atom. The summed E-state index contributed by atoms with van der Waals surface area (Å²) in [6, 6.07) is 5.92. The number of ether oxygens (including phenoxy) is 1. The number of amides is 5. The van der Waals surface area contributed by atoms with E-state index in [0.29, 0.717) is 12.2 Å². The SMILES string of the molecule is CCCN(C)C(=O)OCc1ccc(NC(=O)CNC(=O)[C@@H](NC(=O)CNC(C)=O)C(C)C)cc1. The molecule has 34 heavy (non-hydrogen) atoms. The molecule has 1 atom stereocenters. The molecule has 1 aromatic rings. The predicted octanol–water partition coefficient (Wildman–Crippen LogP) is 0.997. The lowest BCUT2D eigenvalue weighted by Crippen LogP contribution is -2.52. The second-order valence-corrected chi connectivity index (χ2v) is 8.14. The maximum absolute atomic E-state index is 12.4. The van der Waals surface area contributed by atoms with E-state index >= 15 is 0 Å². The van der Waals surface area contributed by atoms with Gasteiger partial charge in [0.25, 0.3) is 0 Å². The number of hydrogen-bond donors (Lipinski definition) is 4. The Morgan fingerprint density at radius 3 is 2.15 bits per heavy atom. The standard InChI is InChI=1S/C23H35N5O6/c1-6-11-28(5)23(33)34-14-17-7-9-18(10-8-17)26-19(30)13-25-22(32)21(15(2)3)27-20(31)12-24-16(4)29/h7-10,15,21H,6,11-14H2,1-5H3,(H,24,29)(H,25,32)(H,26,30)(H,27,31)/t21-/m0/s1. The third-order valence-electron chi connectivity index (χ3n) is 4.66. The quantitative estimate of drug-likeness (QED) is 0.353. The van der Waals surface area contributed by atoms with Crippen molar-refractivity contribution in [2.75, 3.05) is 32.0 Å². The topological polar surface area (TPSA) is 146 Å². The van der Waals surface area contributed by atoms with Gasteiger partial charge in [0.1, 0.15) is 12.6 Å². The molecule has 188 valence electrons. The maximum atomic E-state index is 12.4. The van der Waals surface area contributed by atoms with Crippen molar-refractivity contribution in [3.63, 3.8) is 0 Å². The molecule has 0 aliphatic carbocycles. The molecule has 1 rings (SSSR count). The predicted molar refractivity (Wildman–Crippen MR) is 127 cm³/mol. The zero-order chi connectivity index (χ0) is 25.7. The Bertz CT molecular complexity index is 856. The van der Waals surface area contributed by atoms with Gasteiger partial charge in [-0.2, -0.15) is 0 Å². The van der Waals surface area contributed by atoms with E-state index in [2.05, 4.69) is 21.3 Å².